The standard InChI is InChI=1S/C22H22N4O2/c1-14(2)23-22(28)19-13-20(24-18-11-9-16(10-12-18)15(3)27)26-21(25-19)17-7-5-4-6-8-17/h4-14H,1-3H3,(H,23,28)(H,24,25,26). The molecule has 6 heteroatoms. The maximum Gasteiger partial charge on any atom is 0.270 e. The summed E-state index contributed by atoms with van der Waals surface area (Å²) >= 11 is 0. The average molecular weight is 374 g/mol. The molecule has 1 aromatic heterocycles. The molecular weight excluding hydrogens is 352 g/mol. The van der Waals surface area contributed by atoms with Crippen molar-refractivity contribution in [3.05, 3.63) is 71.9 Å². The van der Waals surface area contributed by atoms with Crippen LogP contribution < -0.4 is 10.6 Å². The summed E-state index contributed by atoms with van der Waals surface area (Å²) in [4.78, 5) is 32.9. The highest BCUT2D eigenvalue weighted by Crippen LogP contribution is 2.21. The van der Waals surface area contributed by atoms with E-state index in [0.29, 0.717) is 17.2 Å². The highest BCUT2D eigenvalue weighted by Gasteiger charge is 2.14. The van der Waals surface area contributed by atoms with Crippen molar-refractivity contribution in [3.63, 3.8) is 0 Å². The Bertz CT molecular complexity index is 983. The van der Waals surface area contributed by atoms with Gasteiger partial charge in [-0.1, -0.05) is 30.3 Å². The summed E-state index contributed by atoms with van der Waals surface area (Å²) in [6.45, 7) is 5.32. The van der Waals surface area contributed by atoms with Gasteiger partial charge in [-0.25, -0.2) is 9.97 Å². The van der Waals surface area contributed by atoms with Gasteiger partial charge in [-0.15, -0.1) is 0 Å². The Hall–Kier alpha value is -3.54. The number of benzene rings is 2. The van der Waals surface area contributed by atoms with Crippen molar-refractivity contribution < 1.29 is 9.59 Å². The van der Waals surface area contributed by atoms with Gasteiger partial charge in [0, 0.05) is 28.9 Å². The van der Waals surface area contributed by atoms with Crippen LogP contribution in [0.15, 0.2) is 60.7 Å². The van der Waals surface area contributed by atoms with E-state index in [0.717, 1.165) is 11.3 Å². The average Bonchev–Trinajstić information content (AvgIpc) is 2.68. The van der Waals surface area contributed by atoms with Crippen LogP contribution >= 0.6 is 0 Å². The third-order valence-electron chi connectivity index (χ3n) is 3.97. The Kier molecular flexibility index (Phi) is 5.79. The van der Waals surface area contributed by atoms with Crippen LogP contribution in [0.3, 0.4) is 0 Å². The van der Waals surface area contributed by atoms with Crippen molar-refractivity contribution >= 4 is 23.2 Å². The van der Waals surface area contributed by atoms with Crippen molar-refractivity contribution in [3.8, 4) is 11.4 Å². The number of amides is 1. The van der Waals surface area contributed by atoms with E-state index in [1.54, 1.807) is 30.3 Å². The largest absolute Gasteiger partial charge is 0.349 e. The molecule has 2 N–H and O–H groups in total. The summed E-state index contributed by atoms with van der Waals surface area (Å²) in [6, 6.07) is 18.2. The predicted octanol–water partition coefficient (Wildman–Crippen LogP) is 4.23. The number of anilines is 2. The molecule has 0 radical (unpaired) electrons. The number of hydrogen-bond acceptors (Lipinski definition) is 5. The van der Waals surface area contributed by atoms with E-state index in [4.69, 9.17) is 0 Å². The van der Waals surface area contributed by atoms with Crippen LogP contribution in [0, 0.1) is 0 Å². The molecule has 0 atom stereocenters. The first kappa shape index (κ1) is 19.2. The Labute approximate surface area is 164 Å². The van der Waals surface area contributed by atoms with Crippen molar-refractivity contribution in [2.24, 2.45) is 0 Å². The number of carbonyl (C=O) groups excluding carboxylic acids is 2. The quantitative estimate of drug-likeness (QED) is 0.631. The molecule has 1 heterocycles. The molecule has 2 aromatic carbocycles. The molecule has 142 valence electrons. The lowest BCUT2D eigenvalue weighted by molar-refractivity contribution is 0.0937. The molecule has 0 aliphatic heterocycles. The van der Waals surface area contributed by atoms with Crippen LogP contribution in [0.1, 0.15) is 41.6 Å². The van der Waals surface area contributed by atoms with Gasteiger partial charge in [0.05, 0.1) is 0 Å². The van der Waals surface area contributed by atoms with Gasteiger partial charge in [-0.2, -0.15) is 0 Å². The number of rotatable bonds is 6. The first-order valence-corrected chi connectivity index (χ1v) is 9.06. The van der Waals surface area contributed by atoms with Crippen molar-refractivity contribution in [2.45, 2.75) is 26.8 Å². The smallest absolute Gasteiger partial charge is 0.270 e. The maximum absolute atomic E-state index is 12.5. The number of Topliss-reactive ketones (excluding diaryl/α,β-unsaturated/α-hetero) is 1. The third kappa shape index (κ3) is 4.79. The molecule has 3 aromatic rings. The van der Waals surface area contributed by atoms with Crippen LogP contribution in [0.25, 0.3) is 11.4 Å². The summed E-state index contributed by atoms with van der Waals surface area (Å²) in [5, 5.41) is 6.04. The van der Waals surface area contributed by atoms with E-state index in [9.17, 15) is 9.59 Å². The number of carbonyl (C=O) groups is 2. The zero-order valence-corrected chi connectivity index (χ0v) is 16.1. The van der Waals surface area contributed by atoms with Gasteiger partial charge < -0.3 is 10.6 Å². The van der Waals surface area contributed by atoms with Gasteiger partial charge in [-0.05, 0) is 45.0 Å². The fourth-order valence-electron chi connectivity index (χ4n) is 2.62. The zero-order valence-electron chi connectivity index (χ0n) is 16.1. The van der Waals surface area contributed by atoms with Gasteiger partial charge >= 0.3 is 0 Å². The molecule has 28 heavy (non-hydrogen) atoms. The summed E-state index contributed by atoms with van der Waals surface area (Å²) in [6.07, 6.45) is 0. The van der Waals surface area contributed by atoms with Crippen molar-refractivity contribution in [1.29, 1.82) is 0 Å². The first-order valence-electron chi connectivity index (χ1n) is 9.06. The molecule has 1 amide bonds. The lowest BCUT2D eigenvalue weighted by Crippen LogP contribution is -2.31. The molecule has 0 aliphatic carbocycles. The van der Waals surface area contributed by atoms with E-state index in [1.165, 1.54) is 6.92 Å². The van der Waals surface area contributed by atoms with Gasteiger partial charge in [0.25, 0.3) is 5.91 Å². The summed E-state index contributed by atoms with van der Waals surface area (Å²) in [5.74, 6) is 0.704. The minimum absolute atomic E-state index is 0.00169. The lowest BCUT2D eigenvalue weighted by atomic mass is 10.1. The Balaban J connectivity index is 1.97. The molecular formula is C22H22N4O2. The van der Waals surface area contributed by atoms with Gasteiger partial charge in [0.1, 0.15) is 11.5 Å². The second kappa shape index (κ2) is 8.43. The summed E-state index contributed by atoms with van der Waals surface area (Å²) in [5.41, 5.74) is 2.50. The van der Waals surface area contributed by atoms with E-state index >= 15 is 0 Å². The topological polar surface area (TPSA) is 84.0 Å². The van der Waals surface area contributed by atoms with Gasteiger partial charge in [0.2, 0.25) is 0 Å². The van der Waals surface area contributed by atoms with Crippen molar-refractivity contribution in [1.82, 2.24) is 15.3 Å². The minimum atomic E-state index is -0.260. The molecule has 6 nitrogen and oxygen atoms in total. The normalized spacial score (nSPS) is 10.6. The van der Waals surface area contributed by atoms with Gasteiger partial charge in [-0.3, -0.25) is 9.59 Å². The number of nitrogens with zero attached hydrogens (tertiary/aromatic N) is 2. The van der Waals surface area contributed by atoms with Crippen molar-refractivity contribution in [2.75, 3.05) is 5.32 Å². The third-order valence-corrected chi connectivity index (χ3v) is 3.97. The summed E-state index contributed by atoms with van der Waals surface area (Å²) in [7, 11) is 0. The van der Waals surface area contributed by atoms with Crippen LogP contribution in [0.2, 0.25) is 0 Å². The minimum Gasteiger partial charge on any atom is -0.349 e. The fraction of sp³-hybridized carbons (Fsp3) is 0.182. The molecule has 0 bridgehead atoms. The number of hydrogen-bond donors (Lipinski definition) is 2. The number of nitrogens with one attached hydrogen (secondary N) is 2. The fourth-order valence-corrected chi connectivity index (χ4v) is 2.62. The Morgan fingerprint density at radius 3 is 2.21 bits per heavy atom. The van der Waals surface area contributed by atoms with Crippen LogP contribution in [-0.2, 0) is 0 Å². The molecule has 0 fully saturated rings. The molecule has 0 spiro atoms. The first-order chi connectivity index (χ1) is 13.4. The number of aromatic nitrogens is 2. The van der Waals surface area contributed by atoms with Crippen LogP contribution in [0.4, 0.5) is 11.5 Å². The number of ketones is 1. The zero-order chi connectivity index (χ0) is 20.1. The molecule has 0 aliphatic rings. The van der Waals surface area contributed by atoms with E-state index in [1.807, 2.05) is 44.2 Å². The summed E-state index contributed by atoms with van der Waals surface area (Å²) < 4.78 is 0. The maximum atomic E-state index is 12.5. The molecule has 0 unspecified atom stereocenters. The SMILES string of the molecule is CC(=O)c1ccc(Nc2cc(C(=O)NC(C)C)nc(-c3ccccc3)n2)cc1. The second-order valence-electron chi connectivity index (χ2n) is 6.71. The second-order valence-corrected chi connectivity index (χ2v) is 6.71. The van der Waals surface area contributed by atoms with Gasteiger partial charge in [0.15, 0.2) is 11.6 Å². The Morgan fingerprint density at radius 1 is 0.929 bits per heavy atom. The molecule has 0 saturated carbocycles. The highest BCUT2D eigenvalue weighted by atomic mass is 16.2. The molecule has 0 saturated heterocycles. The van der Waals surface area contributed by atoms with E-state index < -0.39 is 0 Å². The van der Waals surface area contributed by atoms with Crippen LogP contribution in [-0.4, -0.2) is 27.7 Å². The highest BCUT2D eigenvalue weighted by molar-refractivity contribution is 5.95. The molecule has 3 rings (SSSR count). The van der Waals surface area contributed by atoms with Crippen LogP contribution in [0.5, 0.6) is 0 Å². The van der Waals surface area contributed by atoms with E-state index in [-0.39, 0.29) is 23.4 Å². The monoisotopic (exact) mass is 374 g/mol. The Morgan fingerprint density at radius 2 is 1.61 bits per heavy atom. The predicted molar refractivity (Wildman–Crippen MR) is 110 cm³/mol. The lowest BCUT2D eigenvalue weighted by Gasteiger charge is -2.12. The van der Waals surface area contributed by atoms with E-state index in [2.05, 4.69) is 20.6 Å².